The Bertz CT molecular complexity index is 2910. The van der Waals surface area contributed by atoms with E-state index >= 15 is 0 Å². The van der Waals surface area contributed by atoms with Crippen LogP contribution in [0, 0.1) is 13.8 Å². The minimum Gasteiger partial charge on any atom is -0.455 e. The lowest BCUT2D eigenvalue weighted by Crippen LogP contribution is -2.10. The average Bonchev–Trinajstić information content (AvgIpc) is 3.75. The Labute approximate surface area is 308 Å². The molecule has 8 aromatic carbocycles. The van der Waals surface area contributed by atoms with Gasteiger partial charge in [0.2, 0.25) is 0 Å². The van der Waals surface area contributed by atoms with Crippen LogP contribution >= 0.6 is 0 Å². The molecule has 2 aromatic heterocycles. The highest BCUT2D eigenvalue weighted by atomic mass is 16.3. The molecule has 0 radical (unpaired) electrons. The van der Waals surface area contributed by atoms with Crippen LogP contribution in [0.3, 0.4) is 0 Å². The fourth-order valence-electron chi connectivity index (χ4n) is 8.09. The third kappa shape index (κ3) is 5.12. The lowest BCUT2D eigenvalue weighted by molar-refractivity contribution is 0.670. The number of aryl methyl sites for hydroxylation is 2. The molecule has 0 bridgehead atoms. The molecule has 10 aromatic rings. The van der Waals surface area contributed by atoms with Crippen molar-refractivity contribution in [3.8, 4) is 27.9 Å². The van der Waals surface area contributed by atoms with Gasteiger partial charge in [0.25, 0.3) is 0 Å². The topological polar surface area (TPSA) is 21.3 Å². The number of nitrogens with zero attached hydrogens (tertiary/aromatic N) is 2. The monoisotopic (exact) mass is 680 g/mol. The molecule has 53 heavy (non-hydrogen) atoms. The van der Waals surface area contributed by atoms with Crippen molar-refractivity contribution in [3.63, 3.8) is 0 Å². The summed E-state index contributed by atoms with van der Waals surface area (Å²) in [5, 5.41) is 4.65. The van der Waals surface area contributed by atoms with Gasteiger partial charge in [0.05, 0.1) is 16.7 Å². The zero-order valence-corrected chi connectivity index (χ0v) is 29.6. The number of rotatable bonds is 6. The molecular formula is C50H36N2O. The van der Waals surface area contributed by atoms with E-state index in [4.69, 9.17) is 4.42 Å². The highest BCUT2D eigenvalue weighted by Gasteiger charge is 2.23. The third-order valence-corrected chi connectivity index (χ3v) is 10.6. The van der Waals surface area contributed by atoms with Gasteiger partial charge in [0, 0.05) is 49.7 Å². The molecule has 0 saturated heterocycles. The summed E-state index contributed by atoms with van der Waals surface area (Å²) in [4.78, 5) is 2.38. The minimum atomic E-state index is 0.875. The Kier molecular flexibility index (Phi) is 7.26. The van der Waals surface area contributed by atoms with Crippen LogP contribution in [-0.4, -0.2) is 4.57 Å². The molecule has 3 nitrogen and oxygen atoms in total. The van der Waals surface area contributed by atoms with E-state index in [1.165, 1.54) is 44.1 Å². The van der Waals surface area contributed by atoms with Gasteiger partial charge in [-0.2, -0.15) is 0 Å². The second kappa shape index (κ2) is 12.4. The first-order valence-electron chi connectivity index (χ1n) is 18.2. The molecule has 10 rings (SSSR count). The largest absolute Gasteiger partial charge is 0.455 e. The van der Waals surface area contributed by atoms with E-state index in [0.29, 0.717) is 0 Å². The summed E-state index contributed by atoms with van der Waals surface area (Å²) >= 11 is 0. The Hall–Kier alpha value is -6.84. The smallest absolute Gasteiger partial charge is 0.143 e. The molecule has 252 valence electrons. The van der Waals surface area contributed by atoms with E-state index in [-0.39, 0.29) is 0 Å². The van der Waals surface area contributed by atoms with Crippen molar-refractivity contribution in [1.82, 2.24) is 4.57 Å². The van der Waals surface area contributed by atoms with E-state index in [2.05, 4.69) is 199 Å². The Morgan fingerprint density at radius 3 is 1.79 bits per heavy atom. The van der Waals surface area contributed by atoms with Crippen molar-refractivity contribution >= 4 is 60.8 Å². The van der Waals surface area contributed by atoms with Crippen LogP contribution in [0.15, 0.2) is 186 Å². The van der Waals surface area contributed by atoms with Crippen LogP contribution in [0.1, 0.15) is 11.1 Å². The first kappa shape index (κ1) is 30.9. The lowest BCUT2D eigenvalue weighted by Gasteiger charge is -2.27. The summed E-state index contributed by atoms with van der Waals surface area (Å²) in [6.45, 7) is 4.35. The Balaban J connectivity index is 1.26. The van der Waals surface area contributed by atoms with Gasteiger partial charge in [-0.3, -0.25) is 0 Å². The van der Waals surface area contributed by atoms with Gasteiger partial charge in [-0.15, -0.1) is 0 Å². The van der Waals surface area contributed by atoms with Crippen LogP contribution < -0.4 is 4.90 Å². The van der Waals surface area contributed by atoms with Gasteiger partial charge in [0.15, 0.2) is 0 Å². The molecular weight excluding hydrogens is 645 g/mol. The molecule has 0 amide bonds. The maximum atomic E-state index is 6.80. The van der Waals surface area contributed by atoms with Gasteiger partial charge in [-0.1, -0.05) is 127 Å². The maximum Gasteiger partial charge on any atom is 0.143 e. The summed E-state index contributed by atoms with van der Waals surface area (Å²) in [6, 6.07) is 65.4. The standard InChI is InChI=1S/C50H36N2O/c1-33-24-26-36(27-25-33)51(37-28-29-39(34(2)30-37)35-14-4-3-5-15-35)38-31-44(50-45(32-38)43-19-9-13-23-49(43)53-50)42-18-8-12-22-48(42)52-46-20-10-6-16-40(46)41-17-7-11-21-47(41)52/h3-32H,1-2H3. The SMILES string of the molecule is Cc1ccc(N(c2ccc(-c3ccccc3)c(C)c2)c2cc(-c3ccccc3-n3c4ccccc4c4ccccc43)c3oc4ccccc4c3c2)cc1. The number of furan rings is 1. The molecule has 0 saturated carbocycles. The fourth-order valence-corrected chi connectivity index (χ4v) is 8.09. The zero-order valence-electron chi connectivity index (χ0n) is 29.6. The molecule has 0 atom stereocenters. The summed E-state index contributed by atoms with van der Waals surface area (Å²) < 4.78 is 9.21. The van der Waals surface area contributed by atoms with Crippen molar-refractivity contribution in [2.75, 3.05) is 4.90 Å². The van der Waals surface area contributed by atoms with Crippen LogP contribution in [0.2, 0.25) is 0 Å². The highest BCUT2D eigenvalue weighted by Crippen LogP contribution is 2.46. The number of benzene rings is 8. The minimum absolute atomic E-state index is 0.875. The van der Waals surface area contributed by atoms with Gasteiger partial charge < -0.3 is 13.9 Å². The van der Waals surface area contributed by atoms with Crippen LogP contribution in [0.5, 0.6) is 0 Å². The van der Waals surface area contributed by atoms with E-state index in [1.807, 2.05) is 6.07 Å². The molecule has 0 aliphatic rings. The summed E-state index contributed by atoms with van der Waals surface area (Å²) in [7, 11) is 0. The molecule has 3 heteroatoms. The van der Waals surface area contributed by atoms with E-state index in [0.717, 1.165) is 55.8 Å². The maximum absolute atomic E-state index is 6.80. The zero-order chi connectivity index (χ0) is 35.5. The third-order valence-electron chi connectivity index (χ3n) is 10.6. The van der Waals surface area contributed by atoms with Crippen molar-refractivity contribution < 1.29 is 4.42 Å². The summed E-state index contributed by atoms with van der Waals surface area (Å²) in [6.07, 6.45) is 0. The van der Waals surface area contributed by atoms with Crippen LogP contribution in [0.25, 0.3) is 71.7 Å². The fraction of sp³-hybridized carbons (Fsp3) is 0.0400. The van der Waals surface area contributed by atoms with Crippen molar-refractivity contribution in [3.05, 3.63) is 193 Å². The number of para-hydroxylation sites is 4. The van der Waals surface area contributed by atoms with Gasteiger partial charge in [0.1, 0.15) is 11.2 Å². The predicted octanol–water partition coefficient (Wildman–Crippen LogP) is 14.1. The summed E-state index contributed by atoms with van der Waals surface area (Å²) in [5.41, 5.74) is 15.5. The normalized spacial score (nSPS) is 11.6. The first-order valence-corrected chi connectivity index (χ1v) is 18.2. The molecule has 0 spiro atoms. The van der Waals surface area contributed by atoms with Crippen LogP contribution in [0.4, 0.5) is 17.1 Å². The van der Waals surface area contributed by atoms with Gasteiger partial charge in [-0.25, -0.2) is 0 Å². The van der Waals surface area contributed by atoms with Gasteiger partial charge in [-0.05, 0) is 91.2 Å². The number of anilines is 3. The van der Waals surface area contributed by atoms with Crippen LogP contribution in [-0.2, 0) is 0 Å². The van der Waals surface area contributed by atoms with Gasteiger partial charge >= 0.3 is 0 Å². The predicted molar refractivity (Wildman–Crippen MR) is 223 cm³/mol. The molecule has 0 fully saturated rings. The lowest BCUT2D eigenvalue weighted by atomic mass is 9.97. The molecule has 0 unspecified atom stereocenters. The van der Waals surface area contributed by atoms with Crippen molar-refractivity contribution in [2.24, 2.45) is 0 Å². The average molecular weight is 681 g/mol. The first-order chi connectivity index (χ1) is 26.1. The van der Waals surface area contributed by atoms with E-state index in [1.54, 1.807) is 0 Å². The van der Waals surface area contributed by atoms with E-state index in [9.17, 15) is 0 Å². The summed E-state index contributed by atoms with van der Waals surface area (Å²) in [5.74, 6) is 0. The number of aromatic nitrogens is 1. The quantitative estimate of drug-likeness (QED) is 0.174. The Morgan fingerprint density at radius 1 is 0.434 bits per heavy atom. The molecule has 0 aliphatic heterocycles. The highest BCUT2D eigenvalue weighted by molar-refractivity contribution is 6.13. The van der Waals surface area contributed by atoms with E-state index < -0.39 is 0 Å². The molecule has 2 heterocycles. The number of hydrogen-bond acceptors (Lipinski definition) is 2. The second-order valence-electron chi connectivity index (χ2n) is 13.9. The molecule has 0 N–H and O–H groups in total. The molecule has 0 aliphatic carbocycles. The Morgan fingerprint density at radius 2 is 1.06 bits per heavy atom. The number of hydrogen-bond donors (Lipinski definition) is 0. The second-order valence-corrected chi connectivity index (χ2v) is 13.9. The van der Waals surface area contributed by atoms with Crippen molar-refractivity contribution in [2.45, 2.75) is 13.8 Å². The van der Waals surface area contributed by atoms with Crippen molar-refractivity contribution in [1.29, 1.82) is 0 Å². The number of fused-ring (bicyclic) bond motifs is 6.